The van der Waals surface area contributed by atoms with Crippen LogP contribution in [0.15, 0.2) is 42.5 Å². The first-order valence-electron chi connectivity index (χ1n) is 6.12. The molecule has 0 aliphatic rings. The van der Waals surface area contributed by atoms with Gasteiger partial charge in [0.2, 0.25) is 0 Å². The second-order valence-electron chi connectivity index (χ2n) is 4.33. The van der Waals surface area contributed by atoms with Gasteiger partial charge in [-0.3, -0.25) is 4.79 Å². The van der Waals surface area contributed by atoms with Crippen molar-refractivity contribution in [3.63, 3.8) is 0 Å². The lowest BCUT2D eigenvalue weighted by Crippen LogP contribution is -1.99. The van der Waals surface area contributed by atoms with Gasteiger partial charge in [-0.1, -0.05) is 18.2 Å². The first kappa shape index (κ1) is 14.5. The Bertz CT molecular complexity index is 687. The highest BCUT2D eigenvalue weighted by molar-refractivity contribution is 6.10. The lowest BCUT2D eigenvalue weighted by molar-refractivity contribution is 0.104. The van der Waals surface area contributed by atoms with E-state index in [0.29, 0.717) is 0 Å². The molecule has 5 heteroatoms. The largest absolute Gasteiger partial charge is 0.508 e. The van der Waals surface area contributed by atoms with Crippen molar-refractivity contribution in [2.75, 3.05) is 7.11 Å². The van der Waals surface area contributed by atoms with Gasteiger partial charge in [-0.25, -0.2) is 0 Å². The molecule has 0 spiro atoms. The third kappa shape index (κ3) is 3.33. The molecular weight excluding hydrogens is 272 g/mol. The second-order valence-corrected chi connectivity index (χ2v) is 4.33. The average molecular weight is 286 g/mol. The van der Waals surface area contributed by atoms with E-state index in [1.807, 2.05) is 0 Å². The van der Waals surface area contributed by atoms with Crippen LogP contribution in [0.5, 0.6) is 23.0 Å². The van der Waals surface area contributed by atoms with Crippen LogP contribution in [-0.2, 0) is 0 Å². The van der Waals surface area contributed by atoms with Gasteiger partial charge in [0.25, 0.3) is 0 Å². The summed E-state index contributed by atoms with van der Waals surface area (Å²) in [6.45, 7) is 0. The number of rotatable bonds is 4. The predicted octanol–water partition coefficient (Wildman–Crippen LogP) is 2.71. The Morgan fingerprint density at radius 1 is 1.05 bits per heavy atom. The number of allylic oxidation sites excluding steroid dienone is 1. The van der Waals surface area contributed by atoms with Crippen LogP contribution < -0.4 is 4.74 Å². The Labute approximate surface area is 121 Å². The van der Waals surface area contributed by atoms with E-state index in [1.165, 1.54) is 31.4 Å². The van der Waals surface area contributed by atoms with Gasteiger partial charge in [-0.05, 0) is 23.8 Å². The molecule has 0 aliphatic heterocycles. The van der Waals surface area contributed by atoms with Crippen molar-refractivity contribution in [3.8, 4) is 23.0 Å². The lowest BCUT2D eigenvalue weighted by Gasteiger charge is -2.08. The summed E-state index contributed by atoms with van der Waals surface area (Å²) in [6.07, 6.45) is 2.83. The van der Waals surface area contributed by atoms with E-state index >= 15 is 0 Å². The number of benzene rings is 2. The highest BCUT2D eigenvalue weighted by Crippen LogP contribution is 2.33. The van der Waals surface area contributed by atoms with Crippen LogP contribution in [-0.4, -0.2) is 28.2 Å². The molecule has 0 amide bonds. The van der Waals surface area contributed by atoms with Gasteiger partial charge in [0.15, 0.2) is 5.78 Å². The molecule has 5 nitrogen and oxygen atoms in total. The summed E-state index contributed by atoms with van der Waals surface area (Å²) in [5.74, 6) is -0.780. The van der Waals surface area contributed by atoms with Gasteiger partial charge in [0.1, 0.15) is 28.6 Å². The van der Waals surface area contributed by atoms with Crippen LogP contribution in [0.25, 0.3) is 6.08 Å². The summed E-state index contributed by atoms with van der Waals surface area (Å²) in [7, 11) is 1.34. The van der Waals surface area contributed by atoms with Crippen molar-refractivity contribution >= 4 is 11.9 Å². The van der Waals surface area contributed by atoms with Crippen molar-refractivity contribution in [1.29, 1.82) is 0 Å². The summed E-state index contributed by atoms with van der Waals surface area (Å²) >= 11 is 0. The second kappa shape index (κ2) is 6.00. The van der Waals surface area contributed by atoms with Crippen LogP contribution >= 0.6 is 0 Å². The fourth-order valence-electron chi connectivity index (χ4n) is 1.84. The Morgan fingerprint density at radius 2 is 1.71 bits per heavy atom. The van der Waals surface area contributed by atoms with Crippen molar-refractivity contribution in [3.05, 3.63) is 53.6 Å². The number of aromatic hydroxyl groups is 3. The molecule has 2 aromatic rings. The van der Waals surface area contributed by atoms with E-state index in [1.54, 1.807) is 18.2 Å². The van der Waals surface area contributed by atoms with Gasteiger partial charge >= 0.3 is 0 Å². The van der Waals surface area contributed by atoms with Crippen molar-refractivity contribution in [2.45, 2.75) is 0 Å². The number of methoxy groups -OCH3 is 1. The number of carbonyl (C=O) groups is 1. The molecule has 0 saturated heterocycles. The lowest BCUT2D eigenvalue weighted by atomic mass is 10.1. The van der Waals surface area contributed by atoms with Gasteiger partial charge in [0, 0.05) is 12.1 Å². The number of carbonyl (C=O) groups excluding carboxylic acids is 1. The highest BCUT2D eigenvalue weighted by Gasteiger charge is 2.16. The zero-order valence-corrected chi connectivity index (χ0v) is 11.3. The summed E-state index contributed by atoms with van der Waals surface area (Å²) in [4.78, 5) is 12.1. The molecule has 0 fully saturated rings. The molecule has 2 rings (SSSR count). The number of phenols is 3. The zero-order chi connectivity index (χ0) is 15.4. The number of ketones is 1. The van der Waals surface area contributed by atoms with Gasteiger partial charge in [-0.15, -0.1) is 0 Å². The normalized spacial score (nSPS) is 10.7. The van der Waals surface area contributed by atoms with Gasteiger partial charge in [-0.2, -0.15) is 0 Å². The SMILES string of the molecule is COc1cc(O)cc(O)c1C(=O)/C=C/c1ccc(O)cc1. The van der Waals surface area contributed by atoms with Crippen molar-refractivity contribution in [1.82, 2.24) is 0 Å². The molecule has 0 radical (unpaired) electrons. The summed E-state index contributed by atoms with van der Waals surface area (Å²) in [5.41, 5.74) is 0.698. The topological polar surface area (TPSA) is 87.0 Å². The molecule has 21 heavy (non-hydrogen) atoms. The smallest absolute Gasteiger partial charge is 0.193 e. The van der Waals surface area contributed by atoms with E-state index in [0.717, 1.165) is 11.6 Å². The molecule has 0 aliphatic carbocycles. The van der Waals surface area contributed by atoms with Gasteiger partial charge < -0.3 is 20.1 Å². The maximum Gasteiger partial charge on any atom is 0.193 e. The Morgan fingerprint density at radius 3 is 2.33 bits per heavy atom. The molecule has 0 unspecified atom stereocenters. The van der Waals surface area contributed by atoms with Crippen LogP contribution in [0.1, 0.15) is 15.9 Å². The van der Waals surface area contributed by atoms with Crippen molar-refractivity contribution in [2.24, 2.45) is 0 Å². The number of phenolic OH excluding ortho intramolecular Hbond substituents is 3. The maximum atomic E-state index is 12.1. The molecule has 108 valence electrons. The summed E-state index contributed by atoms with van der Waals surface area (Å²) < 4.78 is 4.99. The minimum Gasteiger partial charge on any atom is -0.508 e. The minimum atomic E-state index is -0.461. The number of ether oxygens (including phenoxy) is 1. The fraction of sp³-hybridized carbons (Fsp3) is 0.0625. The summed E-state index contributed by atoms with van der Waals surface area (Å²) in [5, 5.41) is 28.3. The average Bonchev–Trinajstić information content (AvgIpc) is 2.45. The van der Waals surface area contributed by atoms with Crippen molar-refractivity contribution < 1.29 is 24.9 Å². The Kier molecular flexibility index (Phi) is 4.13. The Hall–Kier alpha value is -2.95. The van der Waals surface area contributed by atoms with Gasteiger partial charge in [0.05, 0.1) is 7.11 Å². The van der Waals surface area contributed by atoms with E-state index < -0.39 is 5.78 Å². The van der Waals surface area contributed by atoms with Crippen LogP contribution in [0.2, 0.25) is 0 Å². The first-order valence-corrected chi connectivity index (χ1v) is 6.12. The van der Waals surface area contributed by atoms with E-state index in [-0.39, 0.29) is 28.6 Å². The third-order valence-corrected chi connectivity index (χ3v) is 2.85. The standard InChI is InChI=1S/C16H14O5/c1-21-15-9-12(18)8-14(20)16(15)13(19)7-4-10-2-5-11(17)6-3-10/h2-9,17-18,20H,1H3/b7-4+. The zero-order valence-electron chi connectivity index (χ0n) is 11.3. The molecular formula is C16H14O5. The third-order valence-electron chi connectivity index (χ3n) is 2.85. The predicted molar refractivity (Wildman–Crippen MR) is 77.8 cm³/mol. The summed E-state index contributed by atoms with van der Waals surface area (Å²) in [6, 6.07) is 8.62. The van der Waals surface area contributed by atoms with Crippen LogP contribution in [0.4, 0.5) is 0 Å². The molecule has 0 aromatic heterocycles. The molecule has 0 bridgehead atoms. The number of hydrogen-bond acceptors (Lipinski definition) is 5. The van der Waals surface area contributed by atoms with E-state index in [4.69, 9.17) is 4.74 Å². The van der Waals surface area contributed by atoms with E-state index in [2.05, 4.69) is 0 Å². The monoisotopic (exact) mass is 286 g/mol. The Balaban J connectivity index is 2.30. The molecule has 0 saturated carbocycles. The van der Waals surface area contributed by atoms with E-state index in [9.17, 15) is 20.1 Å². The van der Waals surface area contributed by atoms with Crippen LogP contribution in [0, 0.1) is 0 Å². The minimum absolute atomic E-state index is 0.0228. The highest BCUT2D eigenvalue weighted by atomic mass is 16.5. The molecule has 0 heterocycles. The van der Waals surface area contributed by atoms with Crippen LogP contribution in [0.3, 0.4) is 0 Å². The number of hydrogen-bond donors (Lipinski definition) is 3. The maximum absolute atomic E-state index is 12.1. The first-order chi connectivity index (χ1) is 10.0. The molecule has 3 N–H and O–H groups in total. The molecule has 0 atom stereocenters. The fourth-order valence-corrected chi connectivity index (χ4v) is 1.84. The molecule has 2 aromatic carbocycles. The quantitative estimate of drug-likeness (QED) is 0.594.